The van der Waals surface area contributed by atoms with E-state index in [9.17, 15) is 9.59 Å². The van der Waals surface area contributed by atoms with Gasteiger partial charge >= 0.3 is 5.97 Å². The number of halogens is 2. The molecule has 1 aliphatic rings. The normalized spacial score (nSPS) is 19.1. The van der Waals surface area contributed by atoms with E-state index in [4.69, 9.17) is 27.9 Å². The molecule has 0 unspecified atom stereocenters. The lowest BCUT2D eigenvalue weighted by atomic mass is 10.2. The second kappa shape index (κ2) is 5.89. The molecule has 0 amide bonds. The number of fused-ring (bicyclic) bond motifs is 1. The first kappa shape index (κ1) is 15.3. The summed E-state index contributed by atoms with van der Waals surface area (Å²) in [5, 5.41) is 0.531. The molecule has 5 nitrogen and oxygen atoms in total. The zero-order valence-corrected chi connectivity index (χ0v) is 13.2. The van der Waals surface area contributed by atoms with Gasteiger partial charge in [0.15, 0.2) is 0 Å². The van der Waals surface area contributed by atoms with E-state index in [1.54, 1.807) is 18.2 Å². The monoisotopic (exact) mass is 340 g/mol. The van der Waals surface area contributed by atoms with Crippen LogP contribution in [0, 0.1) is 5.92 Å². The number of benzene rings is 1. The third kappa shape index (κ3) is 3.42. The largest absolute Gasteiger partial charge is 0.465 e. The van der Waals surface area contributed by atoms with E-state index in [1.165, 1.54) is 0 Å². The highest BCUT2D eigenvalue weighted by Crippen LogP contribution is 2.53. The molecule has 0 spiro atoms. The molecular formula is C15H14Cl2N2O3. The van der Waals surface area contributed by atoms with Crippen molar-refractivity contribution in [2.45, 2.75) is 23.6 Å². The molecule has 1 atom stereocenters. The van der Waals surface area contributed by atoms with Crippen molar-refractivity contribution < 1.29 is 9.53 Å². The number of H-pyrrole nitrogens is 1. The molecule has 116 valence electrons. The third-order valence-corrected chi connectivity index (χ3v) is 4.55. The Kier molecular flexibility index (Phi) is 4.10. The maximum absolute atomic E-state index is 11.9. The number of rotatable bonds is 5. The Balaban J connectivity index is 1.57. The van der Waals surface area contributed by atoms with Gasteiger partial charge in [0.05, 0.1) is 23.9 Å². The molecule has 0 aliphatic heterocycles. The van der Waals surface area contributed by atoms with Crippen molar-refractivity contribution >= 4 is 40.1 Å². The van der Waals surface area contributed by atoms with Gasteiger partial charge < -0.3 is 9.72 Å². The SMILES string of the molecule is O=C(CCc1nc2ccccc2c(=O)[nH]1)OC[C@@H]1CC1(Cl)Cl. The highest BCUT2D eigenvalue weighted by atomic mass is 35.5. The van der Waals surface area contributed by atoms with Crippen LogP contribution in [0.1, 0.15) is 18.7 Å². The number of ether oxygens (including phenoxy) is 1. The third-order valence-electron chi connectivity index (χ3n) is 3.63. The quantitative estimate of drug-likeness (QED) is 0.670. The Labute approximate surface area is 136 Å². The molecule has 1 fully saturated rings. The average molecular weight is 341 g/mol. The predicted molar refractivity (Wildman–Crippen MR) is 84.2 cm³/mol. The van der Waals surface area contributed by atoms with Gasteiger partial charge in [-0.3, -0.25) is 9.59 Å². The van der Waals surface area contributed by atoms with Gasteiger partial charge in [-0.1, -0.05) is 12.1 Å². The number of carbonyl (C=O) groups is 1. The predicted octanol–water partition coefficient (Wildman–Crippen LogP) is 2.59. The smallest absolute Gasteiger partial charge is 0.306 e. The molecule has 1 N–H and O–H groups in total. The number of aryl methyl sites for hydroxylation is 1. The van der Waals surface area contributed by atoms with Gasteiger partial charge in [-0.25, -0.2) is 4.98 Å². The summed E-state index contributed by atoms with van der Waals surface area (Å²) < 4.78 is 4.37. The highest BCUT2D eigenvalue weighted by molar-refractivity contribution is 6.50. The Bertz CT molecular complexity index is 773. The maximum Gasteiger partial charge on any atom is 0.306 e. The standard InChI is InChI=1S/C15H14Cl2N2O3/c16-15(17)7-9(15)8-22-13(20)6-5-12-18-11-4-2-1-3-10(11)14(21)19-12/h1-4,9H,5-8H2,(H,18,19,21)/t9-/m0/s1. The van der Waals surface area contributed by atoms with Gasteiger partial charge in [-0.15, -0.1) is 23.2 Å². The molecule has 1 aromatic heterocycles. The van der Waals surface area contributed by atoms with Crippen LogP contribution < -0.4 is 5.56 Å². The van der Waals surface area contributed by atoms with Crippen molar-refractivity contribution in [2.24, 2.45) is 5.92 Å². The van der Waals surface area contributed by atoms with Gasteiger partial charge in [0.25, 0.3) is 5.56 Å². The molecule has 1 saturated carbocycles. The molecule has 0 radical (unpaired) electrons. The average Bonchev–Trinajstić information content (AvgIpc) is 3.10. The Morgan fingerprint density at radius 2 is 2.14 bits per heavy atom. The van der Waals surface area contributed by atoms with Crippen LogP contribution >= 0.6 is 23.2 Å². The summed E-state index contributed by atoms with van der Waals surface area (Å²) >= 11 is 11.7. The fourth-order valence-electron chi connectivity index (χ4n) is 2.19. The van der Waals surface area contributed by atoms with E-state index in [2.05, 4.69) is 9.97 Å². The number of para-hydroxylation sites is 1. The second-order valence-corrected chi connectivity index (χ2v) is 6.92. The molecule has 0 bridgehead atoms. The first-order valence-corrected chi connectivity index (χ1v) is 7.73. The van der Waals surface area contributed by atoms with Crippen molar-refractivity contribution in [3.63, 3.8) is 0 Å². The van der Waals surface area contributed by atoms with E-state index in [1.807, 2.05) is 6.07 Å². The number of aromatic nitrogens is 2. The topological polar surface area (TPSA) is 72.0 Å². The minimum Gasteiger partial charge on any atom is -0.465 e. The second-order valence-electron chi connectivity index (χ2n) is 5.37. The lowest BCUT2D eigenvalue weighted by molar-refractivity contribution is -0.144. The van der Waals surface area contributed by atoms with Crippen LogP contribution in [0.25, 0.3) is 10.9 Å². The summed E-state index contributed by atoms with van der Waals surface area (Å²) in [7, 11) is 0. The number of alkyl halides is 2. The van der Waals surface area contributed by atoms with Crippen molar-refractivity contribution in [3.05, 3.63) is 40.4 Å². The van der Waals surface area contributed by atoms with Crippen molar-refractivity contribution in [1.29, 1.82) is 0 Å². The van der Waals surface area contributed by atoms with E-state index in [0.29, 0.717) is 29.6 Å². The fourth-order valence-corrected chi connectivity index (χ4v) is 2.69. The van der Waals surface area contributed by atoms with Crippen LogP contribution in [0.15, 0.2) is 29.1 Å². The van der Waals surface area contributed by atoms with Gasteiger partial charge in [0.2, 0.25) is 0 Å². The van der Waals surface area contributed by atoms with Crippen LogP contribution in [0.3, 0.4) is 0 Å². The van der Waals surface area contributed by atoms with E-state index in [-0.39, 0.29) is 30.5 Å². The van der Waals surface area contributed by atoms with Crippen LogP contribution in [-0.4, -0.2) is 26.9 Å². The summed E-state index contributed by atoms with van der Waals surface area (Å²) in [6, 6.07) is 7.06. The number of hydrogen-bond donors (Lipinski definition) is 1. The summed E-state index contributed by atoms with van der Waals surface area (Å²) in [5.74, 6) is 0.126. The molecule has 2 aromatic rings. The summed E-state index contributed by atoms with van der Waals surface area (Å²) in [6.07, 6.45) is 1.10. The van der Waals surface area contributed by atoms with Crippen molar-refractivity contribution in [2.75, 3.05) is 6.61 Å². The number of nitrogens with one attached hydrogen (secondary N) is 1. The van der Waals surface area contributed by atoms with E-state index >= 15 is 0 Å². The van der Waals surface area contributed by atoms with Crippen LogP contribution in [0.2, 0.25) is 0 Å². The molecular weight excluding hydrogens is 327 g/mol. The minimum atomic E-state index is -0.745. The first-order chi connectivity index (χ1) is 10.5. The number of hydrogen-bond acceptors (Lipinski definition) is 4. The van der Waals surface area contributed by atoms with Gasteiger partial charge in [-0.2, -0.15) is 0 Å². The van der Waals surface area contributed by atoms with Crippen molar-refractivity contribution in [1.82, 2.24) is 9.97 Å². The zero-order valence-electron chi connectivity index (χ0n) is 11.6. The lowest BCUT2D eigenvalue weighted by Crippen LogP contribution is -2.14. The zero-order chi connectivity index (χ0) is 15.7. The van der Waals surface area contributed by atoms with Gasteiger partial charge in [-0.05, 0) is 18.6 Å². The van der Waals surface area contributed by atoms with Gasteiger partial charge in [0, 0.05) is 12.3 Å². The summed E-state index contributed by atoms with van der Waals surface area (Å²) in [6.45, 7) is 0.230. The van der Waals surface area contributed by atoms with Gasteiger partial charge in [0.1, 0.15) is 10.2 Å². The molecule has 1 aromatic carbocycles. The molecule has 1 heterocycles. The lowest BCUT2D eigenvalue weighted by Gasteiger charge is -2.05. The Morgan fingerprint density at radius 3 is 2.86 bits per heavy atom. The Morgan fingerprint density at radius 1 is 1.41 bits per heavy atom. The molecule has 1 aliphatic carbocycles. The number of aromatic amines is 1. The molecule has 0 saturated heterocycles. The molecule has 22 heavy (non-hydrogen) atoms. The fraction of sp³-hybridized carbons (Fsp3) is 0.400. The number of carbonyl (C=O) groups excluding carboxylic acids is 1. The molecule has 3 rings (SSSR count). The van der Waals surface area contributed by atoms with Crippen LogP contribution in [0.4, 0.5) is 0 Å². The summed E-state index contributed by atoms with van der Waals surface area (Å²) in [4.78, 5) is 30.6. The first-order valence-electron chi connectivity index (χ1n) is 6.97. The highest BCUT2D eigenvalue weighted by Gasteiger charge is 2.52. The maximum atomic E-state index is 11.9. The number of esters is 1. The molecule has 7 heteroatoms. The minimum absolute atomic E-state index is 0.0124. The number of nitrogens with zero attached hydrogens (tertiary/aromatic N) is 1. The van der Waals surface area contributed by atoms with E-state index in [0.717, 1.165) is 0 Å². The Hall–Kier alpha value is -1.59. The van der Waals surface area contributed by atoms with Crippen LogP contribution in [-0.2, 0) is 16.0 Å². The van der Waals surface area contributed by atoms with Crippen LogP contribution in [0.5, 0.6) is 0 Å². The van der Waals surface area contributed by atoms with Crippen molar-refractivity contribution in [3.8, 4) is 0 Å². The van der Waals surface area contributed by atoms with E-state index < -0.39 is 4.33 Å². The summed E-state index contributed by atoms with van der Waals surface area (Å²) in [5.41, 5.74) is 0.405.